The van der Waals surface area contributed by atoms with Crippen molar-refractivity contribution in [2.75, 3.05) is 0 Å². The molecule has 3 aromatic carbocycles. The Morgan fingerprint density at radius 1 is 0.846 bits per heavy atom. The number of carbonyl (C=O) groups is 1. The Morgan fingerprint density at radius 3 is 2.31 bits per heavy atom. The first-order valence-corrected chi connectivity index (χ1v) is 8.61. The van der Waals surface area contributed by atoms with Crippen LogP contribution in [0.4, 0.5) is 0 Å². The zero-order valence-electron chi connectivity index (χ0n) is 13.8. The van der Waals surface area contributed by atoms with Crippen LogP contribution in [-0.4, -0.2) is 15.7 Å². The summed E-state index contributed by atoms with van der Waals surface area (Å²) < 4.78 is 1.46. The number of para-hydroxylation sites is 1. The fourth-order valence-electron chi connectivity index (χ4n) is 2.82. The standard InChI is InChI=1S/C22H15ClN2O/c23-18-13-10-16(11-14-18)12-15-20-19-8-4-5-9-21(19)25(24-20)22(26)17-6-2-1-3-7-17/h1-15H. The van der Waals surface area contributed by atoms with E-state index in [1.165, 1.54) is 4.68 Å². The summed E-state index contributed by atoms with van der Waals surface area (Å²) in [6.07, 6.45) is 3.88. The normalized spacial score (nSPS) is 11.3. The van der Waals surface area contributed by atoms with Crippen molar-refractivity contribution in [2.45, 2.75) is 0 Å². The molecule has 0 atom stereocenters. The van der Waals surface area contributed by atoms with Crippen molar-refractivity contribution in [3.8, 4) is 0 Å². The van der Waals surface area contributed by atoms with E-state index in [9.17, 15) is 4.79 Å². The molecule has 0 bridgehead atoms. The number of aromatic nitrogens is 2. The maximum absolute atomic E-state index is 12.8. The molecule has 0 amide bonds. The predicted octanol–water partition coefficient (Wildman–Crippen LogP) is 5.55. The number of benzene rings is 3. The van der Waals surface area contributed by atoms with Crippen LogP contribution in [0.15, 0.2) is 78.9 Å². The summed E-state index contributed by atoms with van der Waals surface area (Å²) in [4.78, 5) is 12.8. The van der Waals surface area contributed by atoms with Gasteiger partial charge in [-0.2, -0.15) is 9.78 Å². The first-order valence-electron chi connectivity index (χ1n) is 8.23. The topological polar surface area (TPSA) is 34.9 Å². The molecule has 0 aliphatic carbocycles. The molecule has 4 rings (SSSR count). The maximum Gasteiger partial charge on any atom is 0.278 e. The monoisotopic (exact) mass is 358 g/mol. The average Bonchev–Trinajstić information content (AvgIpc) is 3.06. The highest BCUT2D eigenvalue weighted by molar-refractivity contribution is 6.30. The molecule has 3 nitrogen and oxygen atoms in total. The first kappa shape index (κ1) is 16.3. The van der Waals surface area contributed by atoms with Crippen molar-refractivity contribution in [1.82, 2.24) is 9.78 Å². The maximum atomic E-state index is 12.8. The molecule has 0 N–H and O–H groups in total. The van der Waals surface area contributed by atoms with Gasteiger partial charge in [-0.15, -0.1) is 0 Å². The lowest BCUT2D eigenvalue weighted by Gasteiger charge is -2.01. The Bertz CT molecular complexity index is 1100. The van der Waals surface area contributed by atoms with E-state index >= 15 is 0 Å². The van der Waals surface area contributed by atoms with Crippen molar-refractivity contribution >= 4 is 40.6 Å². The average molecular weight is 359 g/mol. The number of fused-ring (bicyclic) bond motifs is 1. The van der Waals surface area contributed by atoms with Gasteiger partial charge in [-0.25, -0.2) is 0 Å². The van der Waals surface area contributed by atoms with Gasteiger partial charge in [-0.1, -0.05) is 66.2 Å². The summed E-state index contributed by atoms with van der Waals surface area (Å²) >= 11 is 5.93. The predicted molar refractivity (Wildman–Crippen MR) is 106 cm³/mol. The second-order valence-electron chi connectivity index (χ2n) is 5.87. The molecular formula is C22H15ClN2O. The molecule has 4 aromatic rings. The minimum Gasteiger partial charge on any atom is -0.267 e. The molecule has 126 valence electrons. The van der Waals surface area contributed by atoms with E-state index in [-0.39, 0.29) is 5.91 Å². The lowest BCUT2D eigenvalue weighted by molar-refractivity contribution is 0.0950. The van der Waals surface area contributed by atoms with Gasteiger partial charge in [-0.05, 0) is 42.0 Å². The van der Waals surface area contributed by atoms with Gasteiger partial charge in [0, 0.05) is 16.0 Å². The highest BCUT2D eigenvalue weighted by Crippen LogP contribution is 2.22. The van der Waals surface area contributed by atoms with Crippen LogP contribution < -0.4 is 0 Å². The third-order valence-corrected chi connectivity index (χ3v) is 4.38. The van der Waals surface area contributed by atoms with E-state index in [0.717, 1.165) is 22.2 Å². The van der Waals surface area contributed by atoms with Crippen LogP contribution in [0.3, 0.4) is 0 Å². The van der Waals surface area contributed by atoms with Crippen LogP contribution in [0.5, 0.6) is 0 Å². The summed E-state index contributed by atoms with van der Waals surface area (Å²) in [7, 11) is 0. The van der Waals surface area contributed by atoms with E-state index in [1.807, 2.05) is 78.9 Å². The van der Waals surface area contributed by atoms with E-state index in [1.54, 1.807) is 12.1 Å². The molecule has 0 aliphatic heterocycles. The quantitative estimate of drug-likeness (QED) is 0.481. The first-order chi connectivity index (χ1) is 12.7. The van der Waals surface area contributed by atoms with Gasteiger partial charge >= 0.3 is 0 Å². The number of hydrogen-bond donors (Lipinski definition) is 0. The molecular weight excluding hydrogens is 344 g/mol. The lowest BCUT2D eigenvalue weighted by Crippen LogP contribution is -2.13. The second-order valence-corrected chi connectivity index (χ2v) is 6.31. The summed E-state index contributed by atoms with van der Waals surface area (Å²) in [6.45, 7) is 0. The van der Waals surface area contributed by atoms with Crippen molar-refractivity contribution in [1.29, 1.82) is 0 Å². The van der Waals surface area contributed by atoms with Gasteiger partial charge in [0.1, 0.15) is 0 Å². The summed E-state index contributed by atoms with van der Waals surface area (Å²) in [5.41, 5.74) is 3.16. The van der Waals surface area contributed by atoms with Crippen molar-refractivity contribution in [3.63, 3.8) is 0 Å². The molecule has 0 saturated carbocycles. The SMILES string of the molecule is O=C(c1ccccc1)n1nc(C=Cc2ccc(Cl)cc2)c2ccccc21. The van der Waals surface area contributed by atoms with E-state index in [2.05, 4.69) is 5.10 Å². The van der Waals surface area contributed by atoms with E-state index < -0.39 is 0 Å². The smallest absolute Gasteiger partial charge is 0.267 e. The molecule has 1 aromatic heterocycles. The molecule has 4 heteroatoms. The van der Waals surface area contributed by atoms with Gasteiger partial charge in [0.15, 0.2) is 0 Å². The molecule has 26 heavy (non-hydrogen) atoms. The minimum absolute atomic E-state index is 0.145. The Balaban J connectivity index is 1.77. The molecule has 0 saturated heterocycles. The Hall–Kier alpha value is -3.17. The summed E-state index contributed by atoms with van der Waals surface area (Å²) in [6, 6.07) is 24.5. The Labute approximate surface area is 156 Å². The lowest BCUT2D eigenvalue weighted by atomic mass is 10.1. The van der Waals surface area contributed by atoms with Gasteiger partial charge in [0.05, 0.1) is 11.2 Å². The zero-order chi connectivity index (χ0) is 17.9. The van der Waals surface area contributed by atoms with Crippen molar-refractivity contribution in [2.24, 2.45) is 0 Å². The number of carbonyl (C=O) groups excluding carboxylic acids is 1. The molecule has 0 aliphatic rings. The Kier molecular flexibility index (Phi) is 4.38. The zero-order valence-corrected chi connectivity index (χ0v) is 14.6. The molecule has 0 spiro atoms. The van der Waals surface area contributed by atoms with Gasteiger partial charge < -0.3 is 0 Å². The number of halogens is 1. The number of nitrogens with zero attached hydrogens (tertiary/aromatic N) is 2. The highest BCUT2D eigenvalue weighted by Gasteiger charge is 2.15. The number of hydrogen-bond acceptors (Lipinski definition) is 2. The van der Waals surface area contributed by atoms with Crippen LogP contribution in [0.1, 0.15) is 21.6 Å². The molecule has 0 unspecified atom stereocenters. The fraction of sp³-hybridized carbons (Fsp3) is 0. The summed E-state index contributed by atoms with van der Waals surface area (Å²) in [5, 5.41) is 6.18. The van der Waals surface area contributed by atoms with Crippen molar-refractivity contribution in [3.05, 3.63) is 101 Å². The highest BCUT2D eigenvalue weighted by atomic mass is 35.5. The van der Waals surface area contributed by atoms with Crippen LogP contribution in [0, 0.1) is 0 Å². The van der Waals surface area contributed by atoms with Gasteiger partial charge in [0.2, 0.25) is 0 Å². The fourth-order valence-corrected chi connectivity index (χ4v) is 2.95. The minimum atomic E-state index is -0.145. The van der Waals surface area contributed by atoms with Crippen LogP contribution in [0.2, 0.25) is 5.02 Å². The third-order valence-electron chi connectivity index (χ3n) is 4.13. The Morgan fingerprint density at radius 2 is 1.54 bits per heavy atom. The molecule has 0 radical (unpaired) electrons. The van der Waals surface area contributed by atoms with Crippen LogP contribution in [-0.2, 0) is 0 Å². The van der Waals surface area contributed by atoms with Crippen molar-refractivity contribution < 1.29 is 4.79 Å². The van der Waals surface area contributed by atoms with Gasteiger partial charge in [0.25, 0.3) is 5.91 Å². The van der Waals surface area contributed by atoms with E-state index in [4.69, 9.17) is 11.6 Å². The summed E-state index contributed by atoms with van der Waals surface area (Å²) in [5.74, 6) is -0.145. The largest absolute Gasteiger partial charge is 0.278 e. The number of rotatable bonds is 3. The van der Waals surface area contributed by atoms with Crippen LogP contribution >= 0.6 is 11.6 Å². The van der Waals surface area contributed by atoms with E-state index in [0.29, 0.717) is 10.6 Å². The third kappa shape index (κ3) is 3.17. The van der Waals surface area contributed by atoms with Gasteiger partial charge in [-0.3, -0.25) is 4.79 Å². The second kappa shape index (κ2) is 6.98. The van der Waals surface area contributed by atoms with Crippen LogP contribution in [0.25, 0.3) is 23.1 Å². The molecule has 1 heterocycles. The molecule has 0 fully saturated rings.